The van der Waals surface area contributed by atoms with E-state index in [2.05, 4.69) is 5.10 Å². The maximum Gasteiger partial charge on any atom is 0.357 e. The van der Waals surface area contributed by atoms with Gasteiger partial charge in [0.15, 0.2) is 5.69 Å². The molecule has 0 bridgehead atoms. The maximum absolute atomic E-state index is 10.7. The van der Waals surface area contributed by atoms with Crippen molar-refractivity contribution in [2.45, 2.75) is 0 Å². The first-order valence-electron chi connectivity index (χ1n) is 4.32. The molecular weight excluding hydrogens is 251 g/mol. The van der Waals surface area contributed by atoms with Crippen molar-refractivity contribution in [3.63, 3.8) is 0 Å². The third-order valence-electron chi connectivity index (χ3n) is 1.96. The predicted octanol–water partition coefficient (Wildman–Crippen LogP) is 2.88. The Morgan fingerprint density at radius 2 is 1.88 bits per heavy atom. The van der Waals surface area contributed by atoms with Crippen LogP contribution in [0.1, 0.15) is 10.5 Å². The molecule has 0 spiro atoms. The first-order valence-corrected chi connectivity index (χ1v) is 5.08. The summed E-state index contributed by atoms with van der Waals surface area (Å²) in [6.45, 7) is 0. The van der Waals surface area contributed by atoms with E-state index in [0.29, 0.717) is 10.7 Å². The smallest absolute Gasteiger partial charge is 0.357 e. The second kappa shape index (κ2) is 4.15. The molecule has 2 aromatic rings. The van der Waals surface area contributed by atoms with Crippen molar-refractivity contribution < 1.29 is 9.90 Å². The van der Waals surface area contributed by atoms with Crippen molar-refractivity contribution in [1.29, 1.82) is 0 Å². The minimum absolute atomic E-state index is 0.0995. The van der Waals surface area contributed by atoms with Gasteiger partial charge in [-0.25, -0.2) is 9.48 Å². The van der Waals surface area contributed by atoms with Crippen molar-refractivity contribution in [2.24, 2.45) is 0 Å². The summed E-state index contributed by atoms with van der Waals surface area (Å²) in [5, 5.41) is 13.3. The molecule has 0 amide bonds. The summed E-state index contributed by atoms with van der Waals surface area (Å²) in [5.41, 5.74) is 0.524. The van der Waals surface area contributed by atoms with Crippen LogP contribution in [0.5, 0.6) is 0 Å². The summed E-state index contributed by atoms with van der Waals surface area (Å²) in [6, 6.07) is 6.81. The third-order valence-corrected chi connectivity index (χ3v) is 2.49. The minimum Gasteiger partial charge on any atom is -0.476 e. The Labute approximate surface area is 101 Å². The molecular formula is C10H6Cl2N2O2. The van der Waals surface area contributed by atoms with Gasteiger partial charge in [-0.05, 0) is 24.3 Å². The number of halogens is 2. The molecule has 2 rings (SSSR count). The topological polar surface area (TPSA) is 55.1 Å². The van der Waals surface area contributed by atoms with Gasteiger partial charge in [-0.3, -0.25) is 0 Å². The molecule has 4 nitrogen and oxygen atoms in total. The maximum atomic E-state index is 10.7. The molecule has 0 aliphatic rings. The van der Waals surface area contributed by atoms with Gasteiger partial charge >= 0.3 is 5.97 Å². The molecule has 1 heterocycles. The van der Waals surface area contributed by atoms with E-state index in [1.165, 1.54) is 10.9 Å². The number of aromatic nitrogens is 2. The molecule has 0 fully saturated rings. The standard InChI is InChI=1S/C10H6Cl2N2O2/c11-6-1-3-7(4-2-6)14-5-8(12)9(13-14)10(15)16/h1-5H,(H,15,16). The second-order valence-electron chi connectivity index (χ2n) is 3.05. The molecule has 16 heavy (non-hydrogen) atoms. The van der Waals surface area contributed by atoms with Crippen molar-refractivity contribution in [3.8, 4) is 5.69 Å². The van der Waals surface area contributed by atoms with Crippen molar-refractivity contribution >= 4 is 29.2 Å². The highest BCUT2D eigenvalue weighted by Gasteiger charge is 2.14. The average Bonchev–Trinajstić information content (AvgIpc) is 2.61. The number of aromatic carboxylic acids is 1. The lowest BCUT2D eigenvalue weighted by molar-refractivity contribution is 0.0690. The molecule has 0 saturated carbocycles. The van der Waals surface area contributed by atoms with Crippen LogP contribution in [0.15, 0.2) is 30.5 Å². The summed E-state index contributed by atoms with van der Waals surface area (Å²) in [5.74, 6) is -1.15. The van der Waals surface area contributed by atoms with Gasteiger partial charge in [0, 0.05) is 5.02 Å². The van der Waals surface area contributed by atoms with E-state index in [-0.39, 0.29) is 10.7 Å². The summed E-state index contributed by atoms with van der Waals surface area (Å²) in [6.07, 6.45) is 1.44. The zero-order chi connectivity index (χ0) is 11.7. The van der Waals surface area contributed by atoms with Crippen molar-refractivity contribution in [1.82, 2.24) is 9.78 Å². The van der Waals surface area contributed by atoms with Crippen LogP contribution in [0.25, 0.3) is 5.69 Å². The van der Waals surface area contributed by atoms with Gasteiger partial charge in [-0.1, -0.05) is 23.2 Å². The SMILES string of the molecule is O=C(O)c1nn(-c2ccc(Cl)cc2)cc1Cl. The number of nitrogens with zero attached hydrogens (tertiary/aromatic N) is 2. The number of rotatable bonds is 2. The van der Waals surface area contributed by atoms with Crippen LogP contribution in [-0.4, -0.2) is 20.9 Å². The quantitative estimate of drug-likeness (QED) is 0.899. The van der Waals surface area contributed by atoms with Crippen molar-refractivity contribution in [3.05, 3.63) is 46.2 Å². The van der Waals surface area contributed by atoms with Crippen LogP contribution in [-0.2, 0) is 0 Å². The molecule has 0 atom stereocenters. The minimum atomic E-state index is -1.15. The molecule has 0 aliphatic carbocycles. The lowest BCUT2D eigenvalue weighted by Crippen LogP contribution is -2.01. The van der Waals surface area contributed by atoms with E-state index in [9.17, 15) is 4.79 Å². The zero-order valence-corrected chi connectivity index (χ0v) is 9.40. The molecule has 0 aliphatic heterocycles. The van der Waals surface area contributed by atoms with E-state index in [1.807, 2.05) is 0 Å². The molecule has 82 valence electrons. The molecule has 1 N–H and O–H groups in total. The van der Waals surface area contributed by atoms with Gasteiger partial charge in [0.05, 0.1) is 16.9 Å². The molecule has 1 aromatic carbocycles. The Bertz CT molecular complexity index is 534. The Morgan fingerprint density at radius 3 is 2.38 bits per heavy atom. The molecule has 0 unspecified atom stereocenters. The van der Waals surface area contributed by atoms with Gasteiger partial charge in [0.1, 0.15) is 0 Å². The first-order chi connectivity index (χ1) is 7.58. The van der Waals surface area contributed by atoms with Gasteiger partial charge in [-0.2, -0.15) is 5.10 Å². The molecule has 6 heteroatoms. The van der Waals surface area contributed by atoms with Crippen LogP contribution in [0.3, 0.4) is 0 Å². The highest BCUT2D eigenvalue weighted by Crippen LogP contribution is 2.18. The number of carboxylic acids is 1. The van der Waals surface area contributed by atoms with E-state index >= 15 is 0 Å². The number of benzene rings is 1. The fraction of sp³-hybridized carbons (Fsp3) is 0. The lowest BCUT2D eigenvalue weighted by Gasteiger charge is -1.99. The largest absolute Gasteiger partial charge is 0.476 e. The Kier molecular flexibility index (Phi) is 2.85. The van der Waals surface area contributed by atoms with Crippen LogP contribution in [0, 0.1) is 0 Å². The summed E-state index contributed by atoms with van der Waals surface area (Å²) in [4.78, 5) is 10.7. The Morgan fingerprint density at radius 1 is 1.25 bits per heavy atom. The number of carboxylic acid groups (broad SMARTS) is 1. The van der Waals surface area contributed by atoms with Crippen LogP contribution < -0.4 is 0 Å². The molecule has 0 radical (unpaired) electrons. The highest BCUT2D eigenvalue weighted by atomic mass is 35.5. The lowest BCUT2D eigenvalue weighted by atomic mass is 10.3. The highest BCUT2D eigenvalue weighted by molar-refractivity contribution is 6.33. The van der Waals surface area contributed by atoms with Gasteiger partial charge < -0.3 is 5.11 Å². The van der Waals surface area contributed by atoms with Crippen LogP contribution in [0.2, 0.25) is 10.0 Å². The van der Waals surface area contributed by atoms with Gasteiger partial charge in [-0.15, -0.1) is 0 Å². The average molecular weight is 257 g/mol. The van der Waals surface area contributed by atoms with Gasteiger partial charge in [0.25, 0.3) is 0 Å². The van der Waals surface area contributed by atoms with Crippen LogP contribution in [0.4, 0.5) is 0 Å². The summed E-state index contributed by atoms with van der Waals surface area (Å²) >= 11 is 11.5. The van der Waals surface area contributed by atoms with Gasteiger partial charge in [0.2, 0.25) is 0 Å². The number of carbonyl (C=O) groups is 1. The first kappa shape index (κ1) is 11.0. The Balaban J connectivity index is 2.45. The predicted molar refractivity (Wildman–Crippen MR) is 60.5 cm³/mol. The second-order valence-corrected chi connectivity index (χ2v) is 3.90. The fourth-order valence-electron chi connectivity index (χ4n) is 1.22. The normalized spacial score (nSPS) is 10.4. The van der Waals surface area contributed by atoms with E-state index in [1.54, 1.807) is 24.3 Å². The van der Waals surface area contributed by atoms with E-state index < -0.39 is 5.97 Å². The van der Waals surface area contributed by atoms with Crippen LogP contribution >= 0.6 is 23.2 Å². The summed E-state index contributed by atoms with van der Waals surface area (Å²) in [7, 11) is 0. The third kappa shape index (κ3) is 2.03. The van der Waals surface area contributed by atoms with Crippen molar-refractivity contribution in [2.75, 3.05) is 0 Å². The summed E-state index contributed by atoms with van der Waals surface area (Å²) < 4.78 is 1.39. The van der Waals surface area contributed by atoms with E-state index in [4.69, 9.17) is 28.3 Å². The van der Waals surface area contributed by atoms with E-state index in [0.717, 1.165) is 0 Å². The zero-order valence-electron chi connectivity index (χ0n) is 7.89. The number of hydrogen-bond donors (Lipinski definition) is 1. The Hall–Kier alpha value is -1.52. The number of hydrogen-bond acceptors (Lipinski definition) is 2. The molecule has 0 saturated heterocycles. The monoisotopic (exact) mass is 256 g/mol. The fourth-order valence-corrected chi connectivity index (χ4v) is 1.56. The molecule has 1 aromatic heterocycles.